The Labute approximate surface area is 188 Å². The molecule has 0 fully saturated rings. The maximum absolute atomic E-state index is 12.1. The van der Waals surface area contributed by atoms with Gasteiger partial charge in [0.1, 0.15) is 6.33 Å². The number of anilines is 4. The number of esters is 1. The first-order chi connectivity index (χ1) is 15.9. The van der Waals surface area contributed by atoms with E-state index in [0.29, 0.717) is 35.0 Å². The van der Waals surface area contributed by atoms with Crippen LogP contribution in [0.5, 0.6) is 11.5 Å². The lowest BCUT2D eigenvalue weighted by Crippen LogP contribution is -2.10. The van der Waals surface area contributed by atoms with Gasteiger partial charge in [-0.3, -0.25) is 10.1 Å². The van der Waals surface area contributed by atoms with Gasteiger partial charge in [-0.05, 0) is 42.3 Å². The zero-order valence-electron chi connectivity index (χ0n) is 17.9. The Bertz CT molecular complexity index is 1180. The largest absolute Gasteiger partial charge is 0.462 e. The number of aromatic nitrogens is 2. The van der Waals surface area contributed by atoms with E-state index in [2.05, 4.69) is 20.6 Å². The van der Waals surface area contributed by atoms with Crippen molar-refractivity contribution in [3.63, 3.8) is 0 Å². The molecule has 170 valence electrons. The number of fused-ring (bicyclic) bond motifs is 1. The van der Waals surface area contributed by atoms with Crippen LogP contribution in [0.15, 0.2) is 48.8 Å². The van der Waals surface area contributed by atoms with E-state index in [1.165, 1.54) is 6.33 Å². The van der Waals surface area contributed by atoms with Crippen molar-refractivity contribution < 1.29 is 23.9 Å². The Morgan fingerprint density at radius 2 is 1.70 bits per heavy atom. The minimum Gasteiger partial charge on any atom is -0.462 e. The first kappa shape index (κ1) is 21.8. The van der Waals surface area contributed by atoms with Gasteiger partial charge in [-0.15, -0.1) is 0 Å². The molecular formula is C22H21N5O6. The number of benzene rings is 2. The van der Waals surface area contributed by atoms with Crippen molar-refractivity contribution in [3.05, 3.63) is 64.5 Å². The summed E-state index contributed by atoms with van der Waals surface area (Å²) in [6.45, 7) is 4.34. The summed E-state index contributed by atoms with van der Waals surface area (Å²) in [6.07, 6.45) is 1.21. The fraction of sp³-hybridized carbons (Fsp3) is 0.227. The molecule has 4 rings (SSSR count). The van der Waals surface area contributed by atoms with Crippen molar-refractivity contribution >= 4 is 34.7 Å². The van der Waals surface area contributed by atoms with Gasteiger partial charge in [-0.1, -0.05) is 13.8 Å². The average molecular weight is 451 g/mol. The van der Waals surface area contributed by atoms with Gasteiger partial charge < -0.3 is 24.8 Å². The highest BCUT2D eigenvalue weighted by Gasteiger charge is 2.24. The third-order valence-corrected chi connectivity index (χ3v) is 4.57. The van der Waals surface area contributed by atoms with Gasteiger partial charge in [0.25, 0.3) is 0 Å². The number of hydrogen-bond donors (Lipinski definition) is 2. The van der Waals surface area contributed by atoms with Crippen molar-refractivity contribution in [2.45, 2.75) is 13.8 Å². The fourth-order valence-electron chi connectivity index (χ4n) is 3.00. The van der Waals surface area contributed by atoms with Crippen LogP contribution in [0.2, 0.25) is 0 Å². The van der Waals surface area contributed by atoms with E-state index >= 15 is 0 Å². The molecular weight excluding hydrogens is 430 g/mol. The highest BCUT2D eigenvalue weighted by atomic mass is 16.7. The third kappa shape index (κ3) is 5.09. The second-order valence-electron chi connectivity index (χ2n) is 7.56. The zero-order valence-corrected chi connectivity index (χ0v) is 17.9. The highest BCUT2D eigenvalue weighted by molar-refractivity contribution is 5.90. The summed E-state index contributed by atoms with van der Waals surface area (Å²) in [5.74, 6) is 0.921. The number of carbonyl (C=O) groups excluding carboxylic acids is 1. The highest BCUT2D eigenvalue weighted by Crippen LogP contribution is 2.37. The van der Waals surface area contributed by atoms with Crippen molar-refractivity contribution in [3.8, 4) is 11.5 Å². The number of rotatable bonds is 8. The second-order valence-corrected chi connectivity index (χ2v) is 7.56. The van der Waals surface area contributed by atoms with Crippen LogP contribution in [0, 0.1) is 16.0 Å². The summed E-state index contributed by atoms with van der Waals surface area (Å²) in [7, 11) is 0. The van der Waals surface area contributed by atoms with E-state index in [0.717, 1.165) is 0 Å². The topological polar surface area (TPSA) is 138 Å². The van der Waals surface area contributed by atoms with Gasteiger partial charge in [-0.25, -0.2) is 14.8 Å². The maximum atomic E-state index is 12.1. The maximum Gasteiger partial charge on any atom is 0.353 e. The molecule has 1 aliphatic rings. The van der Waals surface area contributed by atoms with E-state index in [4.69, 9.17) is 14.2 Å². The smallest absolute Gasteiger partial charge is 0.353 e. The second kappa shape index (κ2) is 9.39. The molecule has 1 aliphatic heterocycles. The Kier molecular flexibility index (Phi) is 6.20. The Morgan fingerprint density at radius 3 is 2.36 bits per heavy atom. The van der Waals surface area contributed by atoms with Crippen LogP contribution in [-0.4, -0.2) is 34.3 Å². The first-order valence-corrected chi connectivity index (χ1v) is 10.1. The van der Waals surface area contributed by atoms with E-state index < -0.39 is 10.9 Å². The number of nitrogens with one attached hydrogen (secondary N) is 2. The zero-order chi connectivity index (χ0) is 23.4. The third-order valence-electron chi connectivity index (χ3n) is 4.57. The first-order valence-electron chi connectivity index (χ1n) is 10.1. The summed E-state index contributed by atoms with van der Waals surface area (Å²) < 4.78 is 15.8. The molecule has 0 spiro atoms. The molecule has 1 aromatic heterocycles. The Hall–Kier alpha value is -4.41. The molecule has 11 nitrogen and oxygen atoms in total. The van der Waals surface area contributed by atoms with Crippen molar-refractivity contribution in [2.75, 3.05) is 24.0 Å². The van der Waals surface area contributed by atoms with Crippen LogP contribution in [-0.2, 0) is 4.74 Å². The van der Waals surface area contributed by atoms with Gasteiger partial charge in [0.05, 0.1) is 17.1 Å². The predicted octanol–water partition coefficient (Wildman–Crippen LogP) is 4.41. The van der Waals surface area contributed by atoms with Crippen molar-refractivity contribution in [2.24, 2.45) is 5.92 Å². The van der Waals surface area contributed by atoms with Crippen LogP contribution in [0.25, 0.3) is 0 Å². The molecule has 0 unspecified atom stereocenters. The standard InChI is InChI=1S/C22H21N5O6/c1-13(2)10-31-22(28)14-3-5-15(6-4-14)25-20-19(27(29)30)21(24-11-23-20)26-16-7-8-17-18(9-16)33-12-32-17/h3-9,11,13H,10,12H2,1-2H3,(H2,23,24,25,26). The van der Waals surface area contributed by atoms with Gasteiger partial charge in [0.15, 0.2) is 11.5 Å². The molecule has 2 aromatic carbocycles. The van der Waals surface area contributed by atoms with Crippen molar-refractivity contribution in [1.29, 1.82) is 0 Å². The molecule has 3 aromatic rings. The van der Waals surface area contributed by atoms with Crippen LogP contribution in [0.3, 0.4) is 0 Å². The van der Waals surface area contributed by atoms with Crippen LogP contribution in [0.1, 0.15) is 24.2 Å². The lowest BCUT2D eigenvalue weighted by Gasteiger charge is -2.11. The lowest BCUT2D eigenvalue weighted by atomic mass is 10.2. The molecule has 0 saturated heterocycles. The summed E-state index contributed by atoms with van der Waals surface area (Å²) in [6, 6.07) is 11.4. The molecule has 0 bridgehead atoms. The molecule has 0 atom stereocenters. The summed E-state index contributed by atoms with van der Waals surface area (Å²) in [5.41, 5.74) is 1.08. The van der Waals surface area contributed by atoms with Gasteiger partial charge in [0.2, 0.25) is 18.4 Å². The molecule has 2 heterocycles. The molecule has 0 saturated carbocycles. The molecule has 0 aliphatic carbocycles. The van der Waals surface area contributed by atoms with E-state index in [9.17, 15) is 14.9 Å². The van der Waals surface area contributed by atoms with Gasteiger partial charge in [0, 0.05) is 17.4 Å². The minimum absolute atomic E-state index is 0.00486. The number of hydrogen-bond acceptors (Lipinski definition) is 10. The lowest BCUT2D eigenvalue weighted by molar-refractivity contribution is -0.383. The Balaban J connectivity index is 1.53. The van der Waals surface area contributed by atoms with E-state index in [1.807, 2.05) is 13.8 Å². The van der Waals surface area contributed by atoms with Gasteiger partial charge >= 0.3 is 11.7 Å². The molecule has 0 radical (unpaired) electrons. The quantitative estimate of drug-likeness (QED) is 0.288. The minimum atomic E-state index is -0.574. The van der Waals surface area contributed by atoms with E-state index in [1.54, 1.807) is 42.5 Å². The normalized spacial score (nSPS) is 11.8. The van der Waals surface area contributed by atoms with E-state index in [-0.39, 0.29) is 30.0 Å². The monoisotopic (exact) mass is 451 g/mol. The Morgan fingerprint density at radius 1 is 1.06 bits per heavy atom. The summed E-state index contributed by atoms with van der Waals surface area (Å²) >= 11 is 0. The molecule has 33 heavy (non-hydrogen) atoms. The van der Waals surface area contributed by atoms with Crippen molar-refractivity contribution in [1.82, 2.24) is 9.97 Å². The SMILES string of the molecule is CC(C)COC(=O)c1ccc(Nc2ncnc(Nc3ccc4c(c3)OCO4)c2[N+](=O)[O-])cc1. The molecule has 11 heteroatoms. The number of nitro groups is 1. The summed E-state index contributed by atoms with van der Waals surface area (Å²) in [4.78, 5) is 31.4. The molecule has 2 N–H and O–H groups in total. The van der Waals surface area contributed by atoms with Gasteiger partial charge in [-0.2, -0.15) is 0 Å². The fourth-order valence-corrected chi connectivity index (χ4v) is 3.00. The number of nitrogens with zero attached hydrogens (tertiary/aromatic N) is 3. The summed E-state index contributed by atoms with van der Waals surface area (Å²) in [5, 5.41) is 17.7. The van der Waals surface area contributed by atoms with Crippen LogP contribution < -0.4 is 20.1 Å². The number of carbonyl (C=O) groups is 1. The average Bonchev–Trinajstić information content (AvgIpc) is 3.26. The van der Waals surface area contributed by atoms with Crippen LogP contribution in [0.4, 0.5) is 28.7 Å². The molecule has 0 amide bonds. The van der Waals surface area contributed by atoms with Crippen LogP contribution >= 0.6 is 0 Å². The number of ether oxygens (including phenoxy) is 3. The predicted molar refractivity (Wildman–Crippen MR) is 119 cm³/mol.